The smallest absolute Gasteiger partial charge is 0.274 e. The minimum absolute atomic E-state index is 0.121. The first-order chi connectivity index (χ1) is 15.4. The minimum Gasteiger partial charge on any atom is -0.487 e. The normalized spacial score (nSPS) is 10.4. The Labute approximate surface area is 211 Å². The van der Waals surface area contributed by atoms with Crippen molar-refractivity contribution in [3.63, 3.8) is 0 Å². The van der Waals surface area contributed by atoms with Crippen LogP contribution < -0.4 is 10.2 Å². The van der Waals surface area contributed by atoms with E-state index in [1.54, 1.807) is 12.1 Å². The summed E-state index contributed by atoms with van der Waals surface area (Å²) < 4.78 is 21.8. The molecule has 0 aliphatic heterocycles. The third-order valence-electron chi connectivity index (χ3n) is 4.26. The van der Waals surface area contributed by atoms with Crippen molar-refractivity contribution in [1.82, 2.24) is 5.43 Å². The van der Waals surface area contributed by atoms with Crippen LogP contribution in [0.3, 0.4) is 0 Å². The van der Waals surface area contributed by atoms with Gasteiger partial charge in [0.05, 0.1) is 38.6 Å². The Morgan fingerprint density at radius 1 is 1.12 bits per heavy atom. The van der Waals surface area contributed by atoms with Crippen LogP contribution in [0.5, 0.6) is 5.75 Å². The summed E-state index contributed by atoms with van der Waals surface area (Å²) in [5.74, 6) is -1.00. The number of hydrogen-bond donors (Lipinski definition) is 1. The average molecular weight is 650 g/mol. The number of carbonyl (C=O) groups excluding carboxylic acids is 1. The van der Waals surface area contributed by atoms with Gasteiger partial charge >= 0.3 is 0 Å². The topological polar surface area (TPSA) is 98.3 Å². The number of ether oxygens (including phenoxy) is 1. The molecule has 6 nitrogen and oxygen atoms in total. The molecule has 0 aliphatic carbocycles. The third kappa shape index (κ3) is 5.81. The second-order valence-electron chi connectivity index (χ2n) is 6.37. The average Bonchev–Trinajstić information content (AvgIpc) is 2.78. The molecule has 0 aromatic heterocycles. The van der Waals surface area contributed by atoms with Crippen molar-refractivity contribution < 1.29 is 13.9 Å². The fraction of sp³-hybridized carbons (Fsp3) is 0.0435. The summed E-state index contributed by atoms with van der Waals surface area (Å²) in [7, 11) is 0. The molecule has 0 unspecified atom stereocenters. The fourth-order valence-corrected chi connectivity index (χ4v) is 4.77. The molecule has 0 fully saturated rings. The van der Waals surface area contributed by atoms with Gasteiger partial charge in [-0.1, -0.05) is 18.2 Å². The van der Waals surface area contributed by atoms with E-state index in [0.29, 0.717) is 16.9 Å². The van der Waals surface area contributed by atoms with Crippen molar-refractivity contribution in [2.24, 2.45) is 5.10 Å². The highest BCUT2D eigenvalue weighted by Gasteiger charge is 2.13. The first kappa shape index (κ1) is 23.6. The third-order valence-corrected chi connectivity index (χ3v) is 5.68. The van der Waals surface area contributed by atoms with Crippen LogP contribution in [0.1, 0.15) is 32.6 Å². The lowest BCUT2D eigenvalue weighted by atomic mass is 10.1. The Morgan fingerprint density at radius 2 is 1.91 bits per heavy atom. The number of nitrogens with one attached hydrogen (secondary N) is 1. The van der Waals surface area contributed by atoms with Gasteiger partial charge in [-0.2, -0.15) is 15.6 Å². The number of hydrogen-bond acceptors (Lipinski definition) is 5. The van der Waals surface area contributed by atoms with Crippen LogP contribution in [0.4, 0.5) is 4.39 Å². The van der Waals surface area contributed by atoms with Crippen LogP contribution >= 0.6 is 45.2 Å². The maximum atomic E-state index is 14.0. The van der Waals surface area contributed by atoms with E-state index in [1.165, 1.54) is 18.3 Å². The monoisotopic (exact) mass is 650 g/mol. The van der Waals surface area contributed by atoms with Crippen LogP contribution in [0, 0.1) is 35.6 Å². The second kappa shape index (κ2) is 11.0. The molecular weight excluding hydrogens is 637 g/mol. The number of carbonyl (C=O) groups is 1. The standard InChI is InChI=1S/C23H13FI2N4O2/c24-20-7-14(10-27)5-6-19(20)23(31)30-29-12-17-8-18(25)9-21(26)22(17)32-13-16-4-2-1-3-15(16)11-28/h1-9,12H,13H2,(H,30,31)/b29-12-. The zero-order valence-electron chi connectivity index (χ0n) is 16.3. The van der Waals surface area contributed by atoms with Crippen LogP contribution in [-0.2, 0) is 6.61 Å². The Morgan fingerprint density at radius 3 is 2.62 bits per heavy atom. The number of hydrazone groups is 1. The molecule has 0 bridgehead atoms. The first-order valence-corrected chi connectivity index (χ1v) is 11.2. The molecule has 32 heavy (non-hydrogen) atoms. The molecule has 3 aromatic rings. The van der Waals surface area contributed by atoms with Crippen molar-refractivity contribution in [2.45, 2.75) is 6.61 Å². The maximum Gasteiger partial charge on any atom is 0.274 e. The zero-order chi connectivity index (χ0) is 23.1. The van der Waals surface area contributed by atoms with E-state index in [-0.39, 0.29) is 17.7 Å². The summed E-state index contributed by atoms with van der Waals surface area (Å²) in [6.45, 7) is 0.185. The van der Waals surface area contributed by atoms with E-state index in [1.807, 2.05) is 30.3 Å². The van der Waals surface area contributed by atoms with Crippen molar-refractivity contribution >= 4 is 57.3 Å². The summed E-state index contributed by atoms with van der Waals surface area (Å²) in [6, 6.07) is 18.4. The van der Waals surface area contributed by atoms with Crippen molar-refractivity contribution in [2.75, 3.05) is 0 Å². The number of halogens is 3. The molecule has 1 amide bonds. The molecule has 0 radical (unpaired) electrons. The highest BCUT2D eigenvalue weighted by atomic mass is 127. The fourth-order valence-electron chi connectivity index (χ4n) is 2.72. The van der Waals surface area contributed by atoms with E-state index in [0.717, 1.165) is 18.8 Å². The van der Waals surface area contributed by atoms with Gasteiger partial charge in [-0.3, -0.25) is 4.79 Å². The van der Waals surface area contributed by atoms with Crippen molar-refractivity contribution in [3.05, 3.63) is 95.4 Å². The van der Waals surface area contributed by atoms with Crippen LogP contribution in [0.25, 0.3) is 0 Å². The summed E-state index contributed by atoms with van der Waals surface area (Å²) in [4.78, 5) is 12.2. The summed E-state index contributed by atoms with van der Waals surface area (Å²) in [5.41, 5.74) is 4.07. The predicted octanol–water partition coefficient (Wildman–Crippen LogP) is 5.12. The Bertz CT molecular complexity index is 1300. The van der Waals surface area contributed by atoms with E-state index in [9.17, 15) is 14.4 Å². The van der Waals surface area contributed by atoms with Gasteiger partial charge in [0.25, 0.3) is 5.91 Å². The van der Waals surface area contributed by atoms with E-state index in [2.05, 4.69) is 61.8 Å². The van der Waals surface area contributed by atoms with Crippen LogP contribution in [0.2, 0.25) is 0 Å². The van der Waals surface area contributed by atoms with Crippen LogP contribution in [0.15, 0.2) is 59.7 Å². The lowest BCUT2D eigenvalue weighted by Gasteiger charge is -2.13. The molecule has 1 N–H and O–H groups in total. The van der Waals surface area contributed by atoms with Crippen LogP contribution in [-0.4, -0.2) is 12.1 Å². The molecule has 9 heteroatoms. The Kier molecular flexibility index (Phi) is 8.14. The van der Waals surface area contributed by atoms with Gasteiger partial charge < -0.3 is 4.74 Å². The molecule has 0 heterocycles. The minimum atomic E-state index is -0.805. The van der Waals surface area contributed by atoms with Gasteiger partial charge in [-0.05, 0) is 81.6 Å². The number of amides is 1. The first-order valence-electron chi connectivity index (χ1n) is 9.06. The molecule has 3 aromatic carbocycles. The van der Waals surface area contributed by atoms with E-state index < -0.39 is 11.7 Å². The summed E-state index contributed by atoms with van der Waals surface area (Å²) in [6.07, 6.45) is 1.41. The van der Waals surface area contributed by atoms with Crippen molar-refractivity contribution in [3.8, 4) is 17.9 Å². The molecule has 0 atom stereocenters. The number of nitrogens with zero attached hydrogens (tertiary/aromatic N) is 3. The number of benzene rings is 3. The molecule has 0 saturated carbocycles. The number of rotatable bonds is 6. The van der Waals surface area contributed by atoms with Gasteiger partial charge in [0.15, 0.2) is 0 Å². The highest BCUT2D eigenvalue weighted by Crippen LogP contribution is 2.28. The maximum absolute atomic E-state index is 14.0. The lowest BCUT2D eigenvalue weighted by Crippen LogP contribution is -2.19. The molecule has 158 valence electrons. The quantitative estimate of drug-likeness (QED) is 0.228. The van der Waals surface area contributed by atoms with Crippen molar-refractivity contribution in [1.29, 1.82) is 10.5 Å². The predicted molar refractivity (Wildman–Crippen MR) is 134 cm³/mol. The SMILES string of the molecule is N#Cc1ccc(C(=O)N/N=C\c2cc(I)cc(I)c2OCc2ccccc2C#N)c(F)c1. The Balaban J connectivity index is 1.79. The number of nitriles is 2. The summed E-state index contributed by atoms with van der Waals surface area (Å²) >= 11 is 4.29. The summed E-state index contributed by atoms with van der Waals surface area (Å²) in [5, 5.41) is 22.0. The molecule has 0 saturated heterocycles. The van der Waals surface area contributed by atoms with Gasteiger partial charge in [0, 0.05) is 14.7 Å². The zero-order valence-corrected chi connectivity index (χ0v) is 20.6. The lowest BCUT2D eigenvalue weighted by molar-refractivity contribution is 0.0951. The Hall–Kier alpha value is -3.03. The highest BCUT2D eigenvalue weighted by molar-refractivity contribution is 14.1. The molecule has 0 aliphatic rings. The van der Waals surface area contributed by atoms with Gasteiger partial charge in [-0.15, -0.1) is 0 Å². The largest absolute Gasteiger partial charge is 0.487 e. The molecular formula is C23H13FI2N4O2. The van der Waals surface area contributed by atoms with E-state index >= 15 is 0 Å². The molecule has 3 rings (SSSR count). The van der Waals surface area contributed by atoms with E-state index in [4.69, 9.17) is 10.00 Å². The van der Waals surface area contributed by atoms with Gasteiger partial charge in [0.2, 0.25) is 0 Å². The molecule has 0 spiro atoms. The second-order valence-corrected chi connectivity index (χ2v) is 8.78. The van der Waals surface area contributed by atoms with Gasteiger partial charge in [-0.25, -0.2) is 9.82 Å². The van der Waals surface area contributed by atoms with Gasteiger partial charge in [0.1, 0.15) is 18.2 Å².